The minimum atomic E-state index is -0.0919. The molecule has 8 nitrogen and oxygen atoms in total. The van der Waals surface area contributed by atoms with Gasteiger partial charge in [0.15, 0.2) is 5.82 Å². The van der Waals surface area contributed by atoms with E-state index in [2.05, 4.69) is 44.8 Å². The van der Waals surface area contributed by atoms with Crippen molar-refractivity contribution >= 4 is 17.4 Å². The van der Waals surface area contributed by atoms with E-state index in [0.29, 0.717) is 12.4 Å². The van der Waals surface area contributed by atoms with Gasteiger partial charge in [0.25, 0.3) is 0 Å². The van der Waals surface area contributed by atoms with Crippen molar-refractivity contribution in [1.82, 2.24) is 25.1 Å². The number of carbonyl (C=O) groups is 1. The van der Waals surface area contributed by atoms with Gasteiger partial charge in [-0.1, -0.05) is 24.3 Å². The van der Waals surface area contributed by atoms with Gasteiger partial charge in [-0.2, -0.15) is 4.68 Å². The van der Waals surface area contributed by atoms with Gasteiger partial charge in [-0.25, -0.2) is 4.79 Å². The van der Waals surface area contributed by atoms with E-state index < -0.39 is 0 Å². The molecule has 144 valence electrons. The summed E-state index contributed by atoms with van der Waals surface area (Å²) in [6.45, 7) is 6.20. The predicted octanol–water partition coefficient (Wildman–Crippen LogP) is 2.71. The number of urea groups is 1. The Morgan fingerprint density at radius 1 is 1.07 bits per heavy atom. The Morgan fingerprint density at radius 2 is 1.86 bits per heavy atom. The van der Waals surface area contributed by atoms with Crippen LogP contribution in [0.15, 0.2) is 54.6 Å². The van der Waals surface area contributed by atoms with Crippen LogP contribution in [0.3, 0.4) is 0 Å². The SMILES string of the molecule is Cc1nnnn1-c1cccc(NC(=O)N2CCN(c3ccccc3)CC2C)c1. The van der Waals surface area contributed by atoms with Gasteiger partial charge in [0.2, 0.25) is 0 Å². The number of aromatic nitrogens is 4. The number of nitrogens with zero attached hydrogens (tertiary/aromatic N) is 6. The Bertz CT molecular complexity index is 956. The zero-order valence-corrected chi connectivity index (χ0v) is 16.0. The van der Waals surface area contributed by atoms with Crippen LogP contribution < -0.4 is 10.2 Å². The molecule has 3 aromatic rings. The van der Waals surface area contributed by atoms with Crippen molar-refractivity contribution in [1.29, 1.82) is 0 Å². The molecule has 1 saturated heterocycles. The highest BCUT2D eigenvalue weighted by Crippen LogP contribution is 2.20. The first-order chi connectivity index (χ1) is 13.6. The second-order valence-electron chi connectivity index (χ2n) is 6.94. The second kappa shape index (κ2) is 7.67. The molecule has 1 N–H and O–H groups in total. The van der Waals surface area contributed by atoms with Crippen molar-refractivity contribution < 1.29 is 4.79 Å². The van der Waals surface area contributed by atoms with Crippen molar-refractivity contribution in [3.8, 4) is 5.69 Å². The molecule has 2 heterocycles. The maximum atomic E-state index is 12.8. The van der Waals surface area contributed by atoms with Crippen LogP contribution in [0.2, 0.25) is 0 Å². The molecule has 1 fully saturated rings. The van der Waals surface area contributed by atoms with E-state index in [9.17, 15) is 4.79 Å². The predicted molar refractivity (Wildman–Crippen MR) is 108 cm³/mol. The van der Waals surface area contributed by atoms with E-state index >= 15 is 0 Å². The average Bonchev–Trinajstić information content (AvgIpc) is 3.14. The number of nitrogens with one attached hydrogen (secondary N) is 1. The summed E-state index contributed by atoms with van der Waals surface area (Å²) in [5.74, 6) is 0.689. The van der Waals surface area contributed by atoms with Gasteiger partial charge >= 0.3 is 6.03 Å². The molecule has 1 aromatic heterocycles. The van der Waals surface area contributed by atoms with E-state index in [1.807, 2.05) is 54.3 Å². The zero-order chi connectivity index (χ0) is 19.5. The van der Waals surface area contributed by atoms with Crippen LogP contribution in [0.1, 0.15) is 12.7 Å². The number of piperazine rings is 1. The highest BCUT2D eigenvalue weighted by Gasteiger charge is 2.27. The largest absolute Gasteiger partial charge is 0.368 e. The molecule has 1 aliphatic heterocycles. The summed E-state index contributed by atoms with van der Waals surface area (Å²) in [5, 5.41) is 14.5. The first kappa shape index (κ1) is 18.0. The third kappa shape index (κ3) is 3.66. The minimum absolute atomic E-state index is 0.0919. The number of amides is 2. The lowest BCUT2D eigenvalue weighted by molar-refractivity contribution is 0.185. The van der Waals surface area contributed by atoms with Crippen molar-refractivity contribution in [2.75, 3.05) is 29.9 Å². The van der Waals surface area contributed by atoms with Gasteiger partial charge in [0.05, 0.1) is 5.69 Å². The normalized spacial score (nSPS) is 16.9. The van der Waals surface area contributed by atoms with E-state index in [-0.39, 0.29) is 12.1 Å². The summed E-state index contributed by atoms with van der Waals surface area (Å²) in [4.78, 5) is 17.0. The standard InChI is InChI=1S/C20H23N7O/c1-15-14-25(18-8-4-3-5-9-18)11-12-26(15)20(28)21-17-7-6-10-19(13-17)27-16(2)22-23-24-27/h3-10,13,15H,11-12,14H2,1-2H3,(H,21,28). The molecule has 0 radical (unpaired) electrons. The number of tetrazole rings is 1. The molecule has 2 amide bonds. The lowest BCUT2D eigenvalue weighted by Gasteiger charge is -2.40. The summed E-state index contributed by atoms with van der Waals surface area (Å²) in [5.41, 5.74) is 2.72. The van der Waals surface area contributed by atoms with Crippen molar-refractivity contribution in [2.24, 2.45) is 0 Å². The highest BCUT2D eigenvalue weighted by molar-refractivity contribution is 5.90. The van der Waals surface area contributed by atoms with Gasteiger partial charge < -0.3 is 15.1 Å². The summed E-state index contributed by atoms with van der Waals surface area (Å²) in [6.07, 6.45) is 0. The zero-order valence-electron chi connectivity index (χ0n) is 16.0. The molecule has 1 atom stereocenters. The molecular formula is C20H23N7O. The number of para-hydroxylation sites is 1. The summed E-state index contributed by atoms with van der Waals surface area (Å²) in [7, 11) is 0. The number of aryl methyl sites for hydroxylation is 1. The van der Waals surface area contributed by atoms with Crippen molar-refractivity contribution in [3.05, 3.63) is 60.4 Å². The fourth-order valence-corrected chi connectivity index (χ4v) is 3.51. The summed E-state index contributed by atoms with van der Waals surface area (Å²) in [6, 6.07) is 17.8. The van der Waals surface area contributed by atoms with Crippen LogP contribution in [0, 0.1) is 6.92 Å². The number of benzene rings is 2. The lowest BCUT2D eigenvalue weighted by Crippen LogP contribution is -2.55. The molecule has 0 aliphatic carbocycles. The van der Waals surface area contributed by atoms with Crippen LogP contribution in [0.25, 0.3) is 5.69 Å². The Morgan fingerprint density at radius 3 is 2.57 bits per heavy atom. The van der Waals surface area contributed by atoms with Gasteiger partial charge in [0, 0.05) is 37.1 Å². The molecule has 0 bridgehead atoms. The van der Waals surface area contributed by atoms with Gasteiger partial charge in [-0.3, -0.25) is 0 Å². The van der Waals surface area contributed by atoms with Gasteiger partial charge in [-0.15, -0.1) is 5.10 Å². The van der Waals surface area contributed by atoms with E-state index in [0.717, 1.165) is 24.5 Å². The maximum Gasteiger partial charge on any atom is 0.322 e. The Kier molecular flexibility index (Phi) is 4.92. The van der Waals surface area contributed by atoms with Crippen LogP contribution in [-0.4, -0.2) is 56.8 Å². The monoisotopic (exact) mass is 377 g/mol. The van der Waals surface area contributed by atoms with Crippen LogP contribution in [-0.2, 0) is 0 Å². The van der Waals surface area contributed by atoms with Crippen molar-refractivity contribution in [2.45, 2.75) is 19.9 Å². The molecule has 1 aliphatic rings. The van der Waals surface area contributed by atoms with Crippen LogP contribution >= 0.6 is 0 Å². The molecular weight excluding hydrogens is 354 g/mol. The maximum absolute atomic E-state index is 12.8. The summed E-state index contributed by atoms with van der Waals surface area (Å²) >= 11 is 0. The Labute approximate surface area is 163 Å². The lowest BCUT2D eigenvalue weighted by atomic mass is 10.1. The molecule has 2 aromatic carbocycles. The smallest absolute Gasteiger partial charge is 0.322 e. The molecule has 0 saturated carbocycles. The number of rotatable bonds is 3. The molecule has 4 rings (SSSR count). The number of carbonyl (C=O) groups excluding carboxylic acids is 1. The quantitative estimate of drug-likeness (QED) is 0.759. The second-order valence-corrected chi connectivity index (χ2v) is 6.94. The van der Waals surface area contributed by atoms with E-state index in [1.165, 1.54) is 5.69 Å². The molecule has 28 heavy (non-hydrogen) atoms. The molecule has 0 spiro atoms. The van der Waals surface area contributed by atoms with E-state index in [4.69, 9.17) is 0 Å². The highest BCUT2D eigenvalue weighted by atomic mass is 16.2. The first-order valence-electron chi connectivity index (χ1n) is 9.35. The van der Waals surface area contributed by atoms with E-state index in [1.54, 1.807) is 4.68 Å². The summed E-state index contributed by atoms with van der Waals surface area (Å²) < 4.78 is 1.64. The minimum Gasteiger partial charge on any atom is -0.368 e. The van der Waals surface area contributed by atoms with Crippen LogP contribution in [0.5, 0.6) is 0 Å². The fraction of sp³-hybridized carbons (Fsp3) is 0.300. The van der Waals surface area contributed by atoms with Crippen molar-refractivity contribution in [3.63, 3.8) is 0 Å². The number of hydrogen-bond donors (Lipinski definition) is 1. The number of hydrogen-bond acceptors (Lipinski definition) is 5. The van der Waals surface area contributed by atoms with Gasteiger partial charge in [-0.05, 0) is 54.6 Å². The van der Waals surface area contributed by atoms with Gasteiger partial charge in [0.1, 0.15) is 0 Å². The van der Waals surface area contributed by atoms with Crippen LogP contribution in [0.4, 0.5) is 16.2 Å². The molecule has 1 unspecified atom stereocenters. The number of anilines is 2. The fourth-order valence-electron chi connectivity index (χ4n) is 3.51. The third-order valence-electron chi connectivity index (χ3n) is 4.98. The Hall–Kier alpha value is -3.42. The Balaban J connectivity index is 1.43. The first-order valence-corrected chi connectivity index (χ1v) is 9.35. The third-order valence-corrected chi connectivity index (χ3v) is 4.98. The topological polar surface area (TPSA) is 79.2 Å². The molecule has 8 heteroatoms. The average molecular weight is 377 g/mol.